The number of halogens is 1. The van der Waals surface area contributed by atoms with Crippen molar-refractivity contribution in [2.24, 2.45) is 0 Å². The summed E-state index contributed by atoms with van der Waals surface area (Å²) in [4.78, 5) is 11.7. The fourth-order valence-corrected chi connectivity index (χ4v) is 5.74. The molecule has 2 aromatic rings. The highest BCUT2D eigenvalue weighted by molar-refractivity contribution is 9.09. The molecule has 0 saturated heterocycles. The average molecular weight is 511 g/mol. The molecule has 1 heterocycles. The Morgan fingerprint density at radius 1 is 1.13 bits per heavy atom. The molecule has 0 aromatic heterocycles. The van der Waals surface area contributed by atoms with E-state index in [1.807, 2.05) is 19.1 Å². The van der Waals surface area contributed by atoms with Crippen LogP contribution in [0.25, 0.3) is 0 Å². The highest BCUT2D eigenvalue weighted by Gasteiger charge is 2.44. The van der Waals surface area contributed by atoms with E-state index in [9.17, 15) is 13.2 Å². The van der Waals surface area contributed by atoms with Crippen LogP contribution >= 0.6 is 15.9 Å². The third-order valence-electron chi connectivity index (χ3n) is 4.59. The van der Waals surface area contributed by atoms with Gasteiger partial charge in [-0.15, -0.1) is 0 Å². The molecule has 31 heavy (non-hydrogen) atoms. The first-order valence-electron chi connectivity index (χ1n) is 9.93. The number of aryl methyl sites for hydroxylation is 1. The molecule has 9 heteroatoms. The van der Waals surface area contributed by atoms with Crippen molar-refractivity contribution in [1.82, 2.24) is 5.32 Å². The number of rotatable bonds is 6. The van der Waals surface area contributed by atoms with E-state index in [1.165, 1.54) is 4.31 Å². The summed E-state index contributed by atoms with van der Waals surface area (Å²) in [5.74, 6) is 0. The van der Waals surface area contributed by atoms with E-state index in [1.54, 1.807) is 57.2 Å². The van der Waals surface area contributed by atoms with Crippen molar-refractivity contribution >= 4 is 37.7 Å². The number of hydrogen-bond acceptors (Lipinski definition) is 5. The van der Waals surface area contributed by atoms with Gasteiger partial charge in [-0.05, 0) is 51.5 Å². The Labute approximate surface area is 191 Å². The highest BCUT2D eigenvalue weighted by atomic mass is 79.9. The number of nitrogens with zero attached hydrogens (tertiary/aromatic N) is 1. The third kappa shape index (κ3) is 5.39. The van der Waals surface area contributed by atoms with Crippen molar-refractivity contribution < 1.29 is 22.7 Å². The molecule has 3 rings (SSSR count). The van der Waals surface area contributed by atoms with Gasteiger partial charge in [-0.3, -0.25) is 0 Å². The first-order chi connectivity index (χ1) is 14.5. The summed E-state index contributed by atoms with van der Waals surface area (Å²) in [6.45, 7) is 7.53. The largest absolute Gasteiger partial charge is 0.444 e. The molecule has 0 bridgehead atoms. The normalized spacial score (nSPS) is 18.5. The van der Waals surface area contributed by atoms with Gasteiger partial charge in [-0.1, -0.05) is 51.8 Å². The minimum atomic E-state index is -3.86. The fourth-order valence-electron chi connectivity index (χ4n) is 3.22. The second kappa shape index (κ2) is 9.18. The number of anilines is 1. The van der Waals surface area contributed by atoms with Crippen molar-refractivity contribution in [1.29, 1.82) is 0 Å². The van der Waals surface area contributed by atoms with Crippen LogP contribution in [0.3, 0.4) is 0 Å². The number of carbonyl (C=O) groups is 1. The molecule has 1 N–H and O–H groups in total. The van der Waals surface area contributed by atoms with Gasteiger partial charge in [-0.25, -0.2) is 17.5 Å². The number of nitrogens with one attached hydrogen (secondary N) is 1. The van der Waals surface area contributed by atoms with Gasteiger partial charge in [-0.2, -0.15) is 0 Å². The van der Waals surface area contributed by atoms with Crippen LogP contribution in [0.15, 0.2) is 53.4 Å². The standard InChI is InChI=1S/C22H27BrN2O5S/c1-15-9-11-16(12-10-15)31(27,28)25-18-8-6-5-7-17(18)19(23)20(25)29-14-13-24-21(26)30-22(2,3)4/h5-12,19-20H,13-14H2,1-4H3,(H,24,26)/t19-,20+/m0/s1. The van der Waals surface area contributed by atoms with E-state index in [-0.39, 0.29) is 22.9 Å². The van der Waals surface area contributed by atoms with Gasteiger partial charge < -0.3 is 14.8 Å². The molecule has 0 spiro atoms. The van der Waals surface area contributed by atoms with Crippen molar-refractivity contribution in [2.75, 3.05) is 17.5 Å². The zero-order chi connectivity index (χ0) is 22.8. The Balaban J connectivity index is 1.79. The summed E-state index contributed by atoms with van der Waals surface area (Å²) in [5, 5.41) is 2.62. The molecule has 2 aromatic carbocycles. The first-order valence-corrected chi connectivity index (χ1v) is 12.3. The van der Waals surface area contributed by atoms with Crippen LogP contribution in [0, 0.1) is 6.92 Å². The number of alkyl carbamates (subject to hydrolysis) is 1. The van der Waals surface area contributed by atoms with E-state index in [4.69, 9.17) is 9.47 Å². The van der Waals surface area contributed by atoms with E-state index >= 15 is 0 Å². The molecule has 0 saturated carbocycles. The minimum Gasteiger partial charge on any atom is -0.444 e. The van der Waals surface area contributed by atoms with E-state index in [2.05, 4.69) is 21.2 Å². The number of sulfonamides is 1. The van der Waals surface area contributed by atoms with Gasteiger partial charge in [0, 0.05) is 6.54 Å². The number of benzene rings is 2. The molecule has 1 aliphatic heterocycles. The monoisotopic (exact) mass is 510 g/mol. The molecule has 0 radical (unpaired) electrons. The fraction of sp³-hybridized carbons (Fsp3) is 0.409. The van der Waals surface area contributed by atoms with Gasteiger partial charge in [0.05, 0.1) is 22.0 Å². The number of amides is 1. The van der Waals surface area contributed by atoms with E-state index in [0.717, 1.165) is 11.1 Å². The summed E-state index contributed by atoms with van der Waals surface area (Å²) in [7, 11) is -3.86. The first kappa shape index (κ1) is 23.6. The maximum absolute atomic E-state index is 13.5. The SMILES string of the molecule is Cc1ccc(S(=O)(=O)N2c3ccccc3[C@H](Br)[C@H]2OCCNC(=O)OC(C)(C)C)cc1. The predicted molar refractivity (Wildman–Crippen MR) is 123 cm³/mol. The minimum absolute atomic E-state index is 0.111. The van der Waals surface area contributed by atoms with Gasteiger partial charge in [0.15, 0.2) is 6.23 Å². The lowest BCUT2D eigenvalue weighted by molar-refractivity contribution is 0.0434. The van der Waals surface area contributed by atoms with Crippen LogP contribution in [0.1, 0.15) is 36.7 Å². The maximum Gasteiger partial charge on any atom is 0.407 e. The molecule has 7 nitrogen and oxygen atoms in total. The lowest BCUT2D eigenvalue weighted by Gasteiger charge is -2.28. The zero-order valence-electron chi connectivity index (χ0n) is 18.0. The average Bonchev–Trinajstić information content (AvgIpc) is 2.97. The van der Waals surface area contributed by atoms with Gasteiger partial charge in [0.2, 0.25) is 0 Å². The topological polar surface area (TPSA) is 84.9 Å². The van der Waals surface area contributed by atoms with E-state index < -0.39 is 27.9 Å². The van der Waals surface area contributed by atoms with Crippen LogP contribution < -0.4 is 9.62 Å². The molecule has 0 aliphatic carbocycles. The quantitative estimate of drug-likeness (QED) is 0.456. The number of para-hydroxylation sites is 1. The second-order valence-corrected chi connectivity index (χ2v) is 11.1. The van der Waals surface area contributed by atoms with Crippen LogP contribution in [-0.4, -0.2) is 39.5 Å². The number of ether oxygens (including phenoxy) is 2. The summed E-state index contributed by atoms with van der Waals surface area (Å²) < 4.78 is 39.5. The molecule has 168 valence electrons. The van der Waals surface area contributed by atoms with Crippen molar-refractivity contribution in [2.45, 2.75) is 49.2 Å². The van der Waals surface area contributed by atoms with Crippen molar-refractivity contribution in [3.63, 3.8) is 0 Å². The lowest BCUT2D eigenvalue weighted by Crippen LogP contribution is -2.42. The lowest BCUT2D eigenvalue weighted by atomic mass is 10.2. The Kier molecular flexibility index (Phi) is 6.98. The predicted octanol–water partition coefficient (Wildman–Crippen LogP) is 4.51. The van der Waals surface area contributed by atoms with Crippen LogP contribution in [-0.2, 0) is 19.5 Å². The molecule has 2 atom stereocenters. The summed E-state index contributed by atoms with van der Waals surface area (Å²) >= 11 is 3.60. The number of alkyl halides is 1. The summed E-state index contributed by atoms with van der Waals surface area (Å²) in [6, 6.07) is 14.0. The zero-order valence-corrected chi connectivity index (χ0v) is 20.4. The highest BCUT2D eigenvalue weighted by Crippen LogP contribution is 2.47. The summed E-state index contributed by atoms with van der Waals surface area (Å²) in [6.07, 6.45) is -1.35. The number of carbonyl (C=O) groups excluding carboxylic acids is 1. The van der Waals surface area contributed by atoms with Crippen molar-refractivity contribution in [3.8, 4) is 0 Å². The number of fused-ring (bicyclic) bond motifs is 1. The Hall–Kier alpha value is -2.10. The summed E-state index contributed by atoms with van der Waals surface area (Å²) in [5.41, 5.74) is 1.76. The Morgan fingerprint density at radius 2 is 1.77 bits per heavy atom. The van der Waals surface area contributed by atoms with Gasteiger partial charge in [0.25, 0.3) is 10.0 Å². The van der Waals surface area contributed by atoms with Crippen LogP contribution in [0.2, 0.25) is 0 Å². The molecule has 0 fully saturated rings. The Bertz CT molecular complexity index is 1030. The van der Waals surface area contributed by atoms with Gasteiger partial charge >= 0.3 is 6.09 Å². The molecule has 1 amide bonds. The molecular weight excluding hydrogens is 484 g/mol. The molecular formula is C22H27BrN2O5S. The molecule has 1 aliphatic rings. The van der Waals surface area contributed by atoms with Crippen LogP contribution in [0.5, 0.6) is 0 Å². The maximum atomic E-state index is 13.5. The Morgan fingerprint density at radius 3 is 2.42 bits per heavy atom. The van der Waals surface area contributed by atoms with Crippen LogP contribution in [0.4, 0.5) is 10.5 Å². The van der Waals surface area contributed by atoms with Crippen molar-refractivity contribution in [3.05, 3.63) is 59.7 Å². The third-order valence-corrected chi connectivity index (χ3v) is 7.33. The smallest absolute Gasteiger partial charge is 0.407 e. The van der Waals surface area contributed by atoms with Gasteiger partial charge in [0.1, 0.15) is 5.60 Å². The second-order valence-electron chi connectivity index (χ2n) is 8.26. The van der Waals surface area contributed by atoms with E-state index in [0.29, 0.717) is 5.69 Å². The molecule has 0 unspecified atom stereocenters. The number of hydrogen-bond donors (Lipinski definition) is 1.